The Morgan fingerprint density at radius 2 is 1.84 bits per heavy atom. The van der Waals surface area contributed by atoms with Crippen molar-refractivity contribution in [3.05, 3.63) is 35.9 Å². The van der Waals surface area contributed by atoms with Gasteiger partial charge in [-0.3, -0.25) is 0 Å². The largest absolute Gasteiger partial charge is 0.314 e. The average molecular weight is 259 g/mol. The van der Waals surface area contributed by atoms with Crippen molar-refractivity contribution in [2.24, 2.45) is 5.92 Å². The highest BCUT2D eigenvalue weighted by molar-refractivity contribution is 5.15. The first-order valence-electron chi connectivity index (χ1n) is 8.12. The first kappa shape index (κ1) is 14.6. The van der Waals surface area contributed by atoms with Gasteiger partial charge in [-0.2, -0.15) is 0 Å². The molecular formula is C18H29N. The molecule has 1 aromatic carbocycles. The molecule has 1 N–H and O–H groups in total. The van der Waals surface area contributed by atoms with Gasteiger partial charge < -0.3 is 5.32 Å². The van der Waals surface area contributed by atoms with Gasteiger partial charge in [0.15, 0.2) is 0 Å². The summed E-state index contributed by atoms with van der Waals surface area (Å²) in [7, 11) is 0. The summed E-state index contributed by atoms with van der Waals surface area (Å²) in [4.78, 5) is 0. The minimum atomic E-state index is 0.591. The van der Waals surface area contributed by atoms with Gasteiger partial charge in [0.25, 0.3) is 0 Å². The zero-order chi connectivity index (χ0) is 13.3. The Morgan fingerprint density at radius 3 is 2.58 bits per heavy atom. The molecule has 19 heavy (non-hydrogen) atoms. The summed E-state index contributed by atoms with van der Waals surface area (Å²) in [6.45, 7) is 3.48. The van der Waals surface area contributed by atoms with Crippen molar-refractivity contribution >= 4 is 0 Å². The van der Waals surface area contributed by atoms with Crippen LogP contribution in [0, 0.1) is 5.92 Å². The lowest BCUT2D eigenvalue weighted by Crippen LogP contribution is -2.29. The van der Waals surface area contributed by atoms with Gasteiger partial charge in [-0.05, 0) is 44.2 Å². The molecule has 0 radical (unpaired) electrons. The molecule has 1 aliphatic rings. The van der Waals surface area contributed by atoms with Crippen LogP contribution in [-0.2, 0) is 6.42 Å². The molecule has 1 heteroatoms. The Hall–Kier alpha value is -0.820. The van der Waals surface area contributed by atoms with Crippen molar-refractivity contribution in [1.82, 2.24) is 5.32 Å². The van der Waals surface area contributed by atoms with Crippen LogP contribution in [0.3, 0.4) is 0 Å². The fourth-order valence-electron chi connectivity index (χ4n) is 3.25. The number of nitrogens with one attached hydrogen (secondary N) is 1. The lowest BCUT2D eigenvalue weighted by Gasteiger charge is -2.22. The van der Waals surface area contributed by atoms with E-state index >= 15 is 0 Å². The molecular weight excluding hydrogens is 230 g/mol. The summed E-state index contributed by atoms with van der Waals surface area (Å²) in [6.07, 6.45) is 11.3. The summed E-state index contributed by atoms with van der Waals surface area (Å²) in [5, 5.41) is 3.67. The number of hydrogen-bond acceptors (Lipinski definition) is 1. The van der Waals surface area contributed by atoms with Crippen molar-refractivity contribution in [2.75, 3.05) is 6.54 Å². The monoisotopic (exact) mass is 259 g/mol. The molecule has 1 aromatic rings. The molecule has 0 saturated heterocycles. The van der Waals surface area contributed by atoms with Crippen LogP contribution in [0.25, 0.3) is 0 Å². The lowest BCUT2D eigenvalue weighted by atomic mass is 9.86. The van der Waals surface area contributed by atoms with E-state index in [1.807, 2.05) is 0 Å². The van der Waals surface area contributed by atoms with Gasteiger partial charge in [-0.1, -0.05) is 62.4 Å². The van der Waals surface area contributed by atoms with E-state index in [1.54, 1.807) is 0 Å². The van der Waals surface area contributed by atoms with Gasteiger partial charge in [-0.25, -0.2) is 0 Å². The van der Waals surface area contributed by atoms with Crippen LogP contribution in [0.4, 0.5) is 0 Å². The van der Waals surface area contributed by atoms with Gasteiger partial charge in [0.1, 0.15) is 0 Å². The molecule has 0 bridgehead atoms. The minimum Gasteiger partial charge on any atom is -0.314 e. The summed E-state index contributed by atoms with van der Waals surface area (Å²) in [5.41, 5.74) is 1.44. The van der Waals surface area contributed by atoms with Crippen LogP contribution in [0.5, 0.6) is 0 Å². The SMILES string of the molecule is CC(Cc1ccccc1)NCCCC1CCCCC1. The molecule has 0 amide bonds. The maximum Gasteiger partial charge on any atom is 0.00791 e. The first-order chi connectivity index (χ1) is 9.34. The maximum absolute atomic E-state index is 3.67. The quantitative estimate of drug-likeness (QED) is 0.707. The van der Waals surface area contributed by atoms with Gasteiger partial charge in [0.2, 0.25) is 0 Å². The maximum atomic E-state index is 3.67. The summed E-state index contributed by atoms with van der Waals surface area (Å²) in [6, 6.07) is 11.4. The molecule has 1 fully saturated rings. The van der Waals surface area contributed by atoms with Gasteiger partial charge in [0, 0.05) is 6.04 Å². The second-order valence-electron chi connectivity index (χ2n) is 6.19. The fourth-order valence-corrected chi connectivity index (χ4v) is 3.25. The topological polar surface area (TPSA) is 12.0 Å². The molecule has 1 saturated carbocycles. The average Bonchev–Trinajstić information content (AvgIpc) is 2.46. The smallest absolute Gasteiger partial charge is 0.00791 e. The zero-order valence-corrected chi connectivity index (χ0v) is 12.4. The highest BCUT2D eigenvalue weighted by Crippen LogP contribution is 2.26. The zero-order valence-electron chi connectivity index (χ0n) is 12.4. The lowest BCUT2D eigenvalue weighted by molar-refractivity contribution is 0.328. The van der Waals surface area contributed by atoms with Crippen LogP contribution in [0.2, 0.25) is 0 Å². The molecule has 1 nitrogen and oxygen atoms in total. The van der Waals surface area contributed by atoms with Gasteiger partial charge in [0.05, 0.1) is 0 Å². The van der Waals surface area contributed by atoms with Crippen molar-refractivity contribution in [3.8, 4) is 0 Å². The number of rotatable bonds is 7. The molecule has 0 heterocycles. The van der Waals surface area contributed by atoms with Crippen molar-refractivity contribution < 1.29 is 0 Å². The van der Waals surface area contributed by atoms with E-state index in [0.29, 0.717) is 6.04 Å². The Bertz CT molecular complexity index is 327. The van der Waals surface area contributed by atoms with E-state index < -0.39 is 0 Å². The van der Waals surface area contributed by atoms with E-state index in [9.17, 15) is 0 Å². The van der Waals surface area contributed by atoms with Crippen LogP contribution in [0.1, 0.15) is 57.4 Å². The molecule has 1 unspecified atom stereocenters. The molecule has 0 aromatic heterocycles. The number of benzene rings is 1. The first-order valence-corrected chi connectivity index (χ1v) is 8.12. The van der Waals surface area contributed by atoms with E-state index in [2.05, 4.69) is 42.6 Å². The Kier molecular flexibility index (Phi) is 6.43. The van der Waals surface area contributed by atoms with E-state index in [4.69, 9.17) is 0 Å². The Balaban J connectivity index is 1.55. The second kappa shape index (κ2) is 8.37. The molecule has 2 rings (SSSR count). The van der Waals surface area contributed by atoms with Crippen molar-refractivity contribution in [3.63, 3.8) is 0 Å². The van der Waals surface area contributed by atoms with Crippen LogP contribution in [-0.4, -0.2) is 12.6 Å². The van der Waals surface area contributed by atoms with E-state index in [0.717, 1.165) is 12.3 Å². The van der Waals surface area contributed by atoms with E-state index in [-0.39, 0.29) is 0 Å². The Morgan fingerprint density at radius 1 is 1.11 bits per heavy atom. The summed E-state index contributed by atoms with van der Waals surface area (Å²) in [5.74, 6) is 1.03. The van der Waals surface area contributed by atoms with Crippen molar-refractivity contribution in [1.29, 1.82) is 0 Å². The van der Waals surface area contributed by atoms with Crippen LogP contribution in [0.15, 0.2) is 30.3 Å². The third kappa shape index (κ3) is 5.78. The molecule has 106 valence electrons. The van der Waals surface area contributed by atoms with Gasteiger partial charge >= 0.3 is 0 Å². The summed E-state index contributed by atoms with van der Waals surface area (Å²) < 4.78 is 0. The summed E-state index contributed by atoms with van der Waals surface area (Å²) >= 11 is 0. The highest BCUT2D eigenvalue weighted by Gasteiger charge is 2.12. The van der Waals surface area contributed by atoms with Crippen LogP contribution < -0.4 is 5.32 Å². The highest BCUT2D eigenvalue weighted by atomic mass is 14.9. The fraction of sp³-hybridized carbons (Fsp3) is 0.667. The van der Waals surface area contributed by atoms with Crippen LogP contribution >= 0.6 is 0 Å². The second-order valence-corrected chi connectivity index (χ2v) is 6.19. The molecule has 0 spiro atoms. The standard InChI is InChI=1S/C18H29N/c1-16(15-18-11-6-3-7-12-18)19-14-8-13-17-9-4-2-5-10-17/h3,6-7,11-12,16-17,19H,2,4-5,8-10,13-15H2,1H3. The predicted molar refractivity (Wildman–Crippen MR) is 83.4 cm³/mol. The predicted octanol–water partition coefficient (Wildman–Crippen LogP) is 4.57. The number of hydrogen-bond donors (Lipinski definition) is 1. The molecule has 1 aliphatic carbocycles. The minimum absolute atomic E-state index is 0.591. The molecule has 0 aliphatic heterocycles. The third-order valence-electron chi connectivity index (χ3n) is 4.39. The van der Waals surface area contributed by atoms with Gasteiger partial charge in [-0.15, -0.1) is 0 Å². The third-order valence-corrected chi connectivity index (χ3v) is 4.39. The Labute approximate surface area is 118 Å². The van der Waals surface area contributed by atoms with E-state index in [1.165, 1.54) is 57.1 Å². The normalized spacial score (nSPS) is 18.4. The molecule has 1 atom stereocenters. The van der Waals surface area contributed by atoms with Crippen molar-refractivity contribution in [2.45, 2.75) is 64.3 Å².